The number of rotatable bonds is 6. The van der Waals surface area contributed by atoms with Crippen molar-refractivity contribution >= 4 is 79.6 Å². The van der Waals surface area contributed by atoms with Gasteiger partial charge < -0.3 is 10.4 Å². The molecule has 2 N–H and O–H groups in total. The molecule has 0 saturated carbocycles. The fourth-order valence-electron chi connectivity index (χ4n) is 1.77. The lowest BCUT2D eigenvalue weighted by Gasteiger charge is -2.17. The van der Waals surface area contributed by atoms with E-state index in [2.05, 4.69) is 73.1 Å². The number of carboxylic acids is 1. The SMILES string of the molecule is CCCC(CC(=O)O)NC(=O)c1cc(I)cc(I)c1I. The minimum absolute atomic E-state index is 0.0445. The van der Waals surface area contributed by atoms with E-state index in [-0.39, 0.29) is 18.4 Å². The number of hydrogen-bond acceptors (Lipinski definition) is 2. The highest BCUT2D eigenvalue weighted by Gasteiger charge is 2.19. The predicted octanol–water partition coefficient (Wildman–Crippen LogP) is 3.87. The molecule has 1 aromatic carbocycles. The first-order valence-corrected chi connectivity index (χ1v) is 9.26. The lowest BCUT2D eigenvalue weighted by atomic mass is 10.1. The Balaban J connectivity index is 2.91. The van der Waals surface area contributed by atoms with Gasteiger partial charge in [-0.3, -0.25) is 9.59 Å². The normalized spacial score (nSPS) is 12.0. The van der Waals surface area contributed by atoms with E-state index in [1.165, 1.54) is 0 Å². The monoisotopic (exact) mass is 613 g/mol. The third-order valence-electron chi connectivity index (χ3n) is 2.63. The number of aliphatic carboxylic acids is 1. The summed E-state index contributed by atoms with van der Waals surface area (Å²) in [7, 11) is 0. The number of carboxylic acid groups (broad SMARTS) is 1. The predicted molar refractivity (Wildman–Crippen MR) is 103 cm³/mol. The quantitative estimate of drug-likeness (QED) is 0.379. The molecule has 7 heteroatoms. The van der Waals surface area contributed by atoms with Crippen LogP contribution < -0.4 is 5.32 Å². The van der Waals surface area contributed by atoms with E-state index in [1.807, 2.05) is 19.1 Å². The van der Waals surface area contributed by atoms with Crippen molar-refractivity contribution in [3.8, 4) is 0 Å². The summed E-state index contributed by atoms with van der Waals surface area (Å²) >= 11 is 6.50. The molecule has 0 aliphatic carbocycles. The second-order valence-electron chi connectivity index (χ2n) is 4.31. The second-order valence-corrected chi connectivity index (χ2v) is 7.79. The molecule has 4 nitrogen and oxygen atoms in total. The zero-order valence-electron chi connectivity index (χ0n) is 10.8. The molecular formula is C13H14I3NO3. The average Bonchev–Trinajstić information content (AvgIpc) is 2.33. The lowest BCUT2D eigenvalue weighted by Crippen LogP contribution is -2.37. The Morgan fingerprint density at radius 3 is 2.50 bits per heavy atom. The Morgan fingerprint density at radius 1 is 1.30 bits per heavy atom. The van der Waals surface area contributed by atoms with Gasteiger partial charge in [-0.2, -0.15) is 0 Å². The van der Waals surface area contributed by atoms with Crippen LogP contribution in [0.3, 0.4) is 0 Å². The molecule has 1 atom stereocenters. The van der Waals surface area contributed by atoms with Crippen molar-refractivity contribution in [2.45, 2.75) is 32.2 Å². The van der Waals surface area contributed by atoms with Gasteiger partial charge in [-0.25, -0.2) is 0 Å². The van der Waals surface area contributed by atoms with E-state index in [9.17, 15) is 9.59 Å². The van der Waals surface area contributed by atoms with Crippen molar-refractivity contribution in [2.75, 3.05) is 0 Å². The molecule has 0 bridgehead atoms. The van der Waals surface area contributed by atoms with Gasteiger partial charge in [0.1, 0.15) is 0 Å². The van der Waals surface area contributed by atoms with Gasteiger partial charge in [0.05, 0.1) is 12.0 Å². The van der Waals surface area contributed by atoms with Crippen molar-refractivity contribution in [1.82, 2.24) is 5.32 Å². The highest BCUT2D eigenvalue weighted by Crippen LogP contribution is 2.23. The maximum absolute atomic E-state index is 12.3. The van der Waals surface area contributed by atoms with Crippen molar-refractivity contribution in [3.63, 3.8) is 0 Å². The molecule has 0 aliphatic rings. The minimum atomic E-state index is -0.893. The smallest absolute Gasteiger partial charge is 0.305 e. The third-order valence-corrected chi connectivity index (χ3v) is 6.30. The van der Waals surface area contributed by atoms with Crippen molar-refractivity contribution < 1.29 is 14.7 Å². The van der Waals surface area contributed by atoms with Gasteiger partial charge in [0.15, 0.2) is 0 Å². The fraction of sp³-hybridized carbons (Fsp3) is 0.385. The number of nitrogens with one attached hydrogen (secondary N) is 1. The van der Waals surface area contributed by atoms with Crippen LogP contribution in [0.25, 0.3) is 0 Å². The van der Waals surface area contributed by atoms with E-state index in [0.29, 0.717) is 12.0 Å². The Labute approximate surface area is 158 Å². The molecule has 0 saturated heterocycles. The van der Waals surface area contributed by atoms with E-state index in [1.54, 1.807) is 0 Å². The second kappa shape index (κ2) is 8.71. The van der Waals surface area contributed by atoms with Crippen LogP contribution >= 0.6 is 67.8 Å². The first kappa shape index (κ1) is 18.4. The molecule has 0 fully saturated rings. The van der Waals surface area contributed by atoms with Crippen LogP contribution in [0.15, 0.2) is 12.1 Å². The van der Waals surface area contributed by atoms with Crippen molar-refractivity contribution in [3.05, 3.63) is 28.4 Å². The summed E-state index contributed by atoms with van der Waals surface area (Å²) in [6.07, 6.45) is 1.45. The van der Waals surface area contributed by atoms with E-state index in [4.69, 9.17) is 5.11 Å². The Kier molecular flexibility index (Phi) is 8.01. The maximum Gasteiger partial charge on any atom is 0.305 e. The van der Waals surface area contributed by atoms with Crippen LogP contribution in [0.5, 0.6) is 0 Å². The van der Waals surface area contributed by atoms with Gasteiger partial charge in [0.25, 0.3) is 5.91 Å². The number of carbonyl (C=O) groups excluding carboxylic acids is 1. The van der Waals surface area contributed by atoms with Gasteiger partial charge in [-0.1, -0.05) is 13.3 Å². The molecule has 0 radical (unpaired) electrons. The number of halogens is 3. The molecule has 0 aromatic heterocycles. The summed E-state index contributed by atoms with van der Waals surface area (Å²) in [6, 6.07) is 3.50. The van der Waals surface area contributed by atoms with Crippen LogP contribution in [0.2, 0.25) is 0 Å². The van der Waals surface area contributed by atoms with Crippen LogP contribution in [0.4, 0.5) is 0 Å². The lowest BCUT2D eigenvalue weighted by molar-refractivity contribution is -0.137. The molecule has 0 aliphatic heterocycles. The van der Waals surface area contributed by atoms with Gasteiger partial charge in [-0.05, 0) is 86.3 Å². The van der Waals surface area contributed by atoms with Crippen LogP contribution in [-0.4, -0.2) is 23.0 Å². The zero-order valence-corrected chi connectivity index (χ0v) is 17.2. The Morgan fingerprint density at radius 2 is 1.95 bits per heavy atom. The molecule has 1 rings (SSSR count). The maximum atomic E-state index is 12.3. The zero-order chi connectivity index (χ0) is 15.3. The highest BCUT2D eigenvalue weighted by atomic mass is 127. The standard InChI is InChI=1S/C13H14I3NO3/c1-2-3-8(6-11(18)19)17-13(20)9-4-7(14)5-10(15)12(9)16/h4-5,8H,2-3,6H2,1H3,(H,17,20)(H,18,19). The molecule has 0 heterocycles. The summed E-state index contributed by atoms with van der Waals surface area (Å²) in [5.41, 5.74) is 0.605. The third kappa shape index (κ3) is 5.62. The van der Waals surface area contributed by atoms with E-state index < -0.39 is 5.97 Å². The summed E-state index contributed by atoms with van der Waals surface area (Å²) in [4.78, 5) is 23.1. The molecule has 110 valence electrons. The fourth-order valence-corrected chi connectivity index (χ4v) is 4.17. The Hall–Kier alpha value is 0.350. The summed E-state index contributed by atoms with van der Waals surface area (Å²) < 4.78 is 2.90. The van der Waals surface area contributed by atoms with E-state index in [0.717, 1.165) is 17.1 Å². The van der Waals surface area contributed by atoms with Crippen LogP contribution in [-0.2, 0) is 4.79 Å². The number of hydrogen-bond donors (Lipinski definition) is 2. The van der Waals surface area contributed by atoms with Gasteiger partial charge in [0.2, 0.25) is 0 Å². The number of amides is 1. The van der Waals surface area contributed by atoms with Gasteiger partial charge >= 0.3 is 5.97 Å². The average molecular weight is 613 g/mol. The van der Waals surface area contributed by atoms with Crippen LogP contribution in [0.1, 0.15) is 36.5 Å². The van der Waals surface area contributed by atoms with E-state index >= 15 is 0 Å². The molecule has 20 heavy (non-hydrogen) atoms. The van der Waals surface area contributed by atoms with Gasteiger partial charge in [0, 0.05) is 16.8 Å². The molecule has 0 spiro atoms. The molecule has 1 aromatic rings. The highest BCUT2D eigenvalue weighted by molar-refractivity contribution is 14.1. The Bertz CT molecular complexity index is 520. The van der Waals surface area contributed by atoms with Crippen molar-refractivity contribution in [2.24, 2.45) is 0 Å². The molecule has 1 unspecified atom stereocenters. The first-order valence-electron chi connectivity index (χ1n) is 6.02. The minimum Gasteiger partial charge on any atom is -0.481 e. The largest absolute Gasteiger partial charge is 0.481 e. The van der Waals surface area contributed by atoms with Crippen molar-refractivity contribution in [1.29, 1.82) is 0 Å². The number of carbonyl (C=O) groups is 2. The number of benzene rings is 1. The molecular weight excluding hydrogens is 599 g/mol. The summed E-state index contributed by atoms with van der Waals surface area (Å²) in [6.45, 7) is 1.97. The summed E-state index contributed by atoms with van der Waals surface area (Å²) in [5, 5.41) is 11.7. The molecule has 1 amide bonds. The summed E-state index contributed by atoms with van der Waals surface area (Å²) in [5.74, 6) is -1.10. The first-order chi connectivity index (χ1) is 9.35. The van der Waals surface area contributed by atoms with Crippen LogP contribution in [0, 0.1) is 10.7 Å². The topological polar surface area (TPSA) is 66.4 Å². The van der Waals surface area contributed by atoms with Gasteiger partial charge in [-0.15, -0.1) is 0 Å².